The lowest BCUT2D eigenvalue weighted by Gasteiger charge is -2.24. The molecule has 0 aromatic carbocycles. The summed E-state index contributed by atoms with van der Waals surface area (Å²) in [5, 5.41) is 0. The van der Waals surface area contributed by atoms with Crippen LogP contribution in [0.2, 0.25) is 0 Å². The van der Waals surface area contributed by atoms with Gasteiger partial charge in [-0.3, -0.25) is 18.6 Å². The van der Waals surface area contributed by atoms with Gasteiger partial charge in [0.2, 0.25) is 0 Å². The lowest BCUT2D eigenvalue weighted by molar-refractivity contribution is -0.870. The van der Waals surface area contributed by atoms with Crippen molar-refractivity contribution in [1.82, 2.24) is 0 Å². The zero-order valence-corrected chi connectivity index (χ0v) is 54.6. The van der Waals surface area contributed by atoms with Crippen LogP contribution in [0.1, 0.15) is 284 Å². The first-order valence-corrected chi connectivity index (χ1v) is 35.1. The Bertz CT molecular complexity index is 1750. The maximum atomic E-state index is 12.8. The molecule has 2 atom stereocenters. The Kier molecular flexibility index (Phi) is 59.7. The van der Waals surface area contributed by atoms with E-state index in [1.54, 1.807) is 0 Å². The SMILES string of the molecule is CC/C=C\C/C=C\C/C=C\C/C=C\C/C=C\C/C=C\C/C=C\C/C=C\C/C=C\CCCCCC(=O)OC(COC(=O)CCCCCCCCCCCCCCCCCCCCCCCCCCCCC)COP(=O)(O)OCC[N+](C)(C)C. The molecule has 2 unspecified atom stereocenters. The van der Waals surface area contributed by atoms with Crippen molar-refractivity contribution in [2.45, 2.75) is 290 Å². The Morgan fingerprint density at radius 3 is 1.04 bits per heavy atom. The van der Waals surface area contributed by atoms with Crippen LogP contribution in [0.5, 0.6) is 0 Å². The Hall–Kier alpha value is -3.33. The van der Waals surface area contributed by atoms with E-state index < -0.39 is 26.5 Å². The number of esters is 2. The number of rotatable bonds is 61. The van der Waals surface area contributed by atoms with Crippen LogP contribution in [0, 0.1) is 0 Å². The second-order valence-corrected chi connectivity index (χ2v) is 24.9. The number of phosphoric acid groups is 1. The number of nitrogens with zero attached hydrogens (tertiary/aromatic N) is 1. The number of unbranched alkanes of at least 4 members (excludes halogenated alkanes) is 29. The van der Waals surface area contributed by atoms with Gasteiger partial charge in [-0.15, -0.1) is 0 Å². The molecule has 0 saturated heterocycles. The summed E-state index contributed by atoms with van der Waals surface area (Å²) in [6.45, 7) is 4.31. The number of likely N-dealkylation sites (N-methyl/N-ethyl adjacent to an activating group) is 1. The minimum Gasteiger partial charge on any atom is -0.462 e. The molecule has 0 aromatic rings. The molecule has 0 bridgehead atoms. The number of carbonyl (C=O) groups is 2. The van der Waals surface area contributed by atoms with Crippen molar-refractivity contribution in [3.05, 3.63) is 109 Å². The highest BCUT2D eigenvalue weighted by molar-refractivity contribution is 7.47. The summed E-state index contributed by atoms with van der Waals surface area (Å²) in [4.78, 5) is 35.8. The van der Waals surface area contributed by atoms with Gasteiger partial charge in [0.05, 0.1) is 27.7 Å². The molecule has 0 rings (SSSR count). The lowest BCUT2D eigenvalue weighted by atomic mass is 10.0. The third-order valence-corrected chi connectivity index (χ3v) is 15.3. The number of hydrogen-bond acceptors (Lipinski definition) is 7. The summed E-state index contributed by atoms with van der Waals surface area (Å²) in [5.74, 6) is -0.832. The largest absolute Gasteiger partial charge is 0.472 e. The molecule has 82 heavy (non-hydrogen) atoms. The minimum atomic E-state index is -4.41. The Morgan fingerprint density at radius 2 is 0.695 bits per heavy atom. The van der Waals surface area contributed by atoms with Crippen molar-refractivity contribution in [1.29, 1.82) is 0 Å². The fraction of sp³-hybridized carbons (Fsp3) is 0.722. The first-order valence-electron chi connectivity index (χ1n) is 33.6. The van der Waals surface area contributed by atoms with E-state index in [1.807, 2.05) is 21.1 Å². The van der Waals surface area contributed by atoms with E-state index in [0.29, 0.717) is 17.4 Å². The van der Waals surface area contributed by atoms with Crippen molar-refractivity contribution < 1.29 is 42.1 Å². The third-order valence-electron chi connectivity index (χ3n) is 14.3. The minimum absolute atomic E-state index is 0.0205. The van der Waals surface area contributed by atoms with E-state index in [-0.39, 0.29) is 32.0 Å². The van der Waals surface area contributed by atoms with Gasteiger partial charge >= 0.3 is 19.8 Å². The molecule has 472 valence electrons. The lowest BCUT2D eigenvalue weighted by Crippen LogP contribution is -2.37. The van der Waals surface area contributed by atoms with Gasteiger partial charge in [0.1, 0.15) is 19.8 Å². The van der Waals surface area contributed by atoms with Crippen LogP contribution in [-0.2, 0) is 32.7 Å². The molecule has 0 aromatic heterocycles. The molecule has 0 fully saturated rings. The van der Waals surface area contributed by atoms with Gasteiger partial charge in [0, 0.05) is 12.8 Å². The van der Waals surface area contributed by atoms with Crippen LogP contribution in [0.4, 0.5) is 0 Å². The van der Waals surface area contributed by atoms with Gasteiger partial charge in [-0.2, -0.15) is 0 Å². The highest BCUT2D eigenvalue weighted by atomic mass is 31.2. The Balaban J connectivity index is 4.17. The zero-order chi connectivity index (χ0) is 59.8. The Labute approximate surface area is 506 Å². The maximum Gasteiger partial charge on any atom is 0.472 e. The standard InChI is InChI=1S/C72H126NO8P/c1-6-8-10-12-14-16-18-20-22-24-26-28-30-32-34-35-36-37-39-41-43-45-47-49-51-53-55-57-59-61-63-65-72(75)81-70(69-80-82(76,77)79-67-66-73(3,4)5)68-78-71(74)64-62-60-58-56-54-52-50-48-46-44-42-40-38-33-31-29-27-25-23-21-19-17-15-13-11-9-7-2/h8,10,14,16,20,22,26,28,32,34,36-37,41,43,47,49,53,55,70H,6-7,9,11-13,15,17-19,21,23-25,27,29-31,33,35,38-40,42,44-46,48,50-52,54,56-69H2,1-5H3/p+1/b10-8-,16-14-,22-20-,28-26-,34-32-,37-36-,43-41-,49-47-,55-53-. The van der Waals surface area contributed by atoms with Crippen LogP contribution in [0.25, 0.3) is 0 Å². The van der Waals surface area contributed by atoms with E-state index in [9.17, 15) is 19.0 Å². The summed E-state index contributed by atoms with van der Waals surface area (Å²) >= 11 is 0. The molecule has 9 nitrogen and oxygen atoms in total. The molecule has 0 spiro atoms. The highest BCUT2D eigenvalue weighted by Gasteiger charge is 2.27. The van der Waals surface area contributed by atoms with Gasteiger partial charge < -0.3 is 18.9 Å². The molecule has 0 amide bonds. The summed E-state index contributed by atoms with van der Waals surface area (Å²) in [7, 11) is 1.45. The maximum absolute atomic E-state index is 12.8. The van der Waals surface area contributed by atoms with Crippen LogP contribution in [0.3, 0.4) is 0 Å². The quantitative estimate of drug-likeness (QED) is 0.0211. The third kappa shape index (κ3) is 65.8. The van der Waals surface area contributed by atoms with E-state index >= 15 is 0 Å². The molecule has 1 N–H and O–H groups in total. The summed E-state index contributed by atoms with van der Waals surface area (Å²) in [5.41, 5.74) is 0. The van der Waals surface area contributed by atoms with Crippen molar-refractivity contribution in [3.63, 3.8) is 0 Å². The number of quaternary nitrogens is 1. The second-order valence-electron chi connectivity index (χ2n) is 23.5. The summed E-state index contributed by atoms with van der Waals surface area (Å²) in [6, 6.07) is 0. The van der Waals surface area contributed by atoms with Crippen molar-refractivity contribution in [2.24, 2.45) is 0 Å². The first kappa shape index (κ1) is 78.7. The smallest absolute Gasteiger partial charge is 0.462 e. The number of hydrogen-bond donors (Lipinski definition) is 1. The topological polar surface area (TPSA) is 108 Å². The normalized spacial score (nSPS) is 13.9. The molecule has 0 aliphatic heterocycles. The van der Waals surface area contributed by atoms with Gasteiger partial charge in [-0.25, -0.2) is 4.57 Å². The molecule has 0 aliphatic rings. The average Bonchev–Trinajstić information content (AvgIpc) is 3.46. The molecule has 0 saturated carbocycles. The van der Waals surface area contributed by atoms with Crippen molar-refractivity contribution in [2.75, 3.05) is 47.5 Å². The summed E-state index contributed by atoms with van der Waals surface area (Å²) < 4.78 is 34.6. The summed E-state index contributed by atoms with van der Waals surface area (Å²) in [6.07, 6.45) is 87.6. The number of carbonyl (C=O) groups excluding carboxylic acids is 2. The molecule has 0 radical (unpaired) electrons. The predicted octanol–water partition coefficient (Wildman–Crippen LogP) is 21.7. The van der Waals surface area contributed by atoms with Crippen LogP contribution in [0.15, 0.2) is 109 Å². The van der Waals surface area contributed by atoms with Crippen LogP contribution >= 0.6 is 7.82 Å². The van der Waals surface area contributed by atoms with Crippen molar-refractivity contribution in [3.8, 4) is 0 Å². The molecule has 0 aliphatic carbocycles. The van der Waals surface area contributed by atoms with Gasteiger partial charge in [0.15, 0.2) is 6.10 Å². The fourth-order valence-electron chi connectivity index (χ4n) is 9.19. The van der Waals surface area contributed by atoms with E-state index in [2.05, 4.69) is 123 Å². The molecular weight excluding hydrogens is 1040 g/mol. The van der Waals surface area contributed by atoms with Crippen LogP contribution in [-0.4, -0.2) is 74.9 Å². The highest BCUT2D eigenvalue weighted by Crippen LogP contribution is 2.43. The fourth-order valence-corrected chi connectivity index (χ4v) is 9.93. The van der Waals surface area contributed by atoms with E-state index in [1.165, 1.54) is 154 Å². The first-order chi connectivity index (χ1) is 40.0. The number of allylic oxidation sites excluding steroid dienone is 18. The van der Waals surface area contributed by atoms with Crippen molar-refractivity contribution >= 4 is 19.8 Å². The van der Waals surface area contributed by atoms with Gasteiger partial charge in [0.25, 0.3) is 0 Å². The van der Waals surface area contributed by atoms with Crippen LogP contribution < -0.4 is 0 Å². The average molecular weight is 1170 g/mol. The number of ether oxygens (including phenoxy) is 2. The monoisotopic (exact) mass is 1160 g/mol. The van der Waals surface area contributed by atoms with Gasteiger partial charge in [-0.1, -0.05) is 297 Å². The van der Waals surface area contributed by atoms with Gasteiger partial charge in [-0.05, 0) is 83.5 Å². The Morgan fingerprint density at radius 1 is 0.390 bits per heavy atom. The van der Waals surface area contributed by atoms with E-state index in [4.69, 9.17) is 18.5 Å². The second kappa shape index (κ2) is 62.2. The zero-order valence-electron chi connectivity index (χ0n) is 53.7. The molecule has 0 heterocycles. The molecule has 10 heteroatoms. The predicted molar refractivity (Wildman–Crippen MR) is 353 cm³/mol. The number of phosphoric ester groups is 1. The van der Waals surface area contributed by atoms with E-state index in [0.717, 1.165) is 96.3 Å². The molecular formula is C72H127NO8P+.